The van der Waals surface area contributed by atoms with Crippen molar-refractivity contribution >= 4 is 12.1 Å². The largest absolute Gasteiger partial charge is 0.460 e. The second-order valence-electron chi connectivity index (χ2n) is 3.69. The van der Waals surface area contributed by atoms with E-state index >= 15 is 0 Å². The van der Waals surface area contributed by atoms with Crippen LogP contribution in [-0.4, -0.2) is 42.8 Å². The summed E-state index contributed by atoms with van der Waals surface area (Å²) in [5.74, 6) is -0.328. The van der Waals surface area contributed by atoms with Crippen LogP contribution in [0.5, 0.6) is 0 Å². The molecule has 0 aromatic heterocycles. The molecule has 0 unspecified atom stereocenters. The van der Waals surface area contributed by atoms with Gasteiger partial charge in [0, 0.05) is 19.9 Å². The molecule has 16 heavy (non-hydrogen) atoms. The van der Waals surface area contributed by atoms with Crippen LogP contribution in [0.4, 0.5) is 4.79 Å². The van der Waals surface area contributed by atoms with E-state index in [1.807, 2.05) is 0 Å². The highest BCUT2D eigenvalue weighted by Gasteiger charge is 2.38. The third kappa shape index (κ3) is 2.74. The number of rotatable bonds is 3. The molecule has 0 N–H and O–H groups in total. The zero-order valence-corrected chi connectivity index (χ0v) is 9.64. The van der Waals surface area contributed by atoms with Gasteiger partial charge in [-0.3, -0.25) is 4.79 Å². The monoisotopic (exact) mass is 227 g/mol. The van der Waals surface area contributed by atoms with Crippen LogP contribution in [0.2, 0.25) is 0 Å². The molecule has 1 aliphatic rings. The average molecular weight is 227 g/mol. The lowest BCUT2D eigenvalue weighted by Gasteiger charge is -2.25. The van der Waals surface area contributed by atoms with Crippen molar-refractivity contribution in [1.82, 2.24) is 4.90 Å². The van der Waals surface area contributed by atoms with Gasteiger partial charge in [0.05, 0.1) is 13.2 Å². The average Bonchev–Trinajstić information content (AvgIpc) is 2.61. The summed E-state index contributed by atoms with van der Waals surface area (Å²) < 4.78 is 9.84. The van der Waals surface area contributed by atoms with Crippen LogP contribution >= 0.6 is 0 Å². The first-order valence-electron chi connectivity index (χ1n) is 5.22. The van der Waals surface area contributed by atoms with E-state index < -0.39 is 0 Å². The number of hydrogen-bond donors (Lipinski definition) is 0. The number of carbonyl (C=O) groups excluding carboxylic acids is 2. The Balaban J connectivity index is 2.71. The second-order valence-corrected chi connectivity index (χ2v) is 3.69. The lowest BCUT2D eigenvalue weighted by atomic mass is 10.1. The molecule has 0 spiro atoms. The van der Waals surface area contributed by atoms with Crippen molar-refractivity contribution in [3.8, 4) is 0 Å². The number of ether oxygens (including phenoxy) is 2. The number of hydrogen-bond acceptors (Lipinski definition) is 4. The number of amides is 1. The third-order valence-corrected chi connectivity index (χ3v) is 2.62. The summed E-state index contributed by atoms with van der Waals surface area (Å²) in [5.41, 5.74) is 0. The van der Waals surface area contributed by atoms with Gasteiger partial charge in [-0.15, -0.1) is 6.58 Å². The standard InChI is InChI=1S/C11H17NO4/c1-4-5-9-10(16-8(2)13)6-7-12(9)11(14)15-3/h4,9-10H,1,5-7H2,2-3H3/t9-,10-/m1/s1. The molecule has 0 bridgehead atoms. The van der Waals surface area contributed by atoms with E-state index in [0.717, 1.165) is 0 Å². The van der Waals surface area contributed by atoms with E-state index in [1.54, 1.807) is 11.0 Å². The zero-order valence-electron chi connectivity index (χ0n) is 9.64. The molecule has 1 aliphatic heterocycles. The first-order chi connectivity index (χ1) is 7.60. The molecule has 90 valence electrons. The fourth-order valence-corrected chi connectivity index (χ4v) is 1.97. The Morgan fingerprint density at radius 2 is 2.25 bits per heavy atom. The fraction of sp³-hybridized carbons (Fsp3) is 0.636. The smallest absolute Gasteiger partial charge is 0.409 e. The molecule has 0 aromatic carbocycles. The van der Waals surface area contributed by atoms with Gasteiger partial charge in [-0.25, -0.2) is 4.79 Å². The van der Waals surface area contributed by atoms with Gasteiger partial charge in [-0.2, -0.15) is 0 Å². The molecule has 0 saturated carbocycles. The Morgan fingerprint density at radius 3 is 2.75 bits per heavy atom. The third-order valence-electron chi connectivity index (χ3n) is 2.62. The molecule has 0 aliphatic carbocycles. The van der Waals surface area contributed by atoms with Gasteiger partial charge in [-0.1, -0.05) is 6.08 Å². The van der Waals surface area contributed by atoms with Crippen LogP contribution < -0.4 is 0 Å². The number of esters is 1. The second kappa shape index (κ2) is 5.53. The van der Waals surface area contributed by atoms with Crippen LogP contribution in [0.15, 0.2) is 12.7 Å². The van der Waals surface area contributed by atoms with Crippen molar-refractivity contribution in [2.24, 2.45) is 0 Å². The first-order valence-corrected chi connectivity index (χ1v) is 5.22. The van der Waals surface area contributed by atoms with Gasteiger partial charge in [0.2, 0.25) is 0 Å². The SMILES string of the molecule is C=CC[C@@H]1[C@H](OC(C)=O)CCN1C(=O)OC. The quantitative estimate of drug-likeness (QED) is 0.539. The van der Waals surface area contributed by atoms with E-state index in [9.17, 15) is 9.59 Å². The molecule has 2 atom stereocenters. The maximum Gasteiger partial charge on any atom is 0.409 e. The van der Waals surface area contributed by atoms with Gasteiger partial charge in [0.25, 0.3) is 0 Å². The van der Waals surface area contributed by atoms with Crippen molar-refractivity contribution in [2.45, 2.75) is 31.9 Å². The highest BCUT2D eigenvalue weighted by molar-refractivity contribution is 5.69. The fourth-order valence-electron chi connectivity index (χ4n) is 1.97. The molecule has 0 aromatic rings. The van der Waals surface area contributed by atoms with Gasteiger partial charge in [0.15, 0.2) is 0 Å². The summed E-state index contributed by atoms with van der Waals surface area (Å²) in [6.07, 6.45) is 2.30. The van der Waals surface area contributed by atoms with Crippen molar-refractivity contribution < 1.29 is 19.1 Å². The molecule has 1 saturated heterocycles. The Kier molecular flexibility index (Phi) is 4.34. The van der Waals surface area contributed by atoms with Crippen molar-refractivity contribution in [2.75, 3.05) is 13.7 Å². The zero-order chi connectivity index (χ0) is 12.1. The van der Waals surface area contributed by atoms with Crippen LogP contribution in [-0.2, 0) is 14.3 Å². The van der Waals surface area contributed by atoms with E-state index in [4.69, 9.17) is 4.74 Å². The molecular weight excluding hydrogens is 210 g/mol. The van der Waals surface area contributed by atoms with Crippen LogP contribution in [0.3, 0.4) is 0 Å². The lowest BCUT2D eigenvalue weighted by molar-refractivity contribution is -0.147. The maximum atomic E-state index is 11.5. The topological polar surface area (TPSA) is 55.8 Å². The number of methoxy groups -OCH3 is 1. The van der Waals surface area contributed by atoms with Crippen molar-refractivity contribution in [1.29, 1.82) is 0 Å². The van der Waals surface area contributed by atoms with Crippen molar-refractivity contribution in [3.63, 3.8) is 0 Å². The summed E-state index contributed by atoms with van der Waals surface area (Å²) in [6, 6.07) is -0.158. The molecule has 1 rings (SSSR count). The molecule has 5 heteroatoms. The van der Waals surface area contributed by atoms with Gasteiger partial charge in [0.1, 0.15) is 6.10 Å². The minimum Gasteiger partial charge on any atom is -0.460 e. The molecular formula is C11H17NO4. The molecule has 1 fully saturated rings. The van der Waals surface area contributed by atoms with Crippen LogP contribution in [0.1, 0.15) is 19.8 Å². The van der Waals surface area contributed by atoms with E-state index in [-0.39, 0.29) is 24.2 Å². The predicted molar refractivity (Wildman–Crippen MR) is 57.9 cm³/mol. The number of nitrogens with zero attached hydrogens (tertiary/aromatic N) is 1. The highest BCUT2D eigenvalue weighted by Crippen LogP contribution is 2.24. The van der Waals surface area contributed by atoms with E-state index in [1.165, 1.54) is 14.0 Å². The van der Waals surface area contributed by atoms with Crippen LogP contribution in [0, 0.1) is 0 Å². The summed E-state index contributed by atoms with van der Waals surface area (Å²) >= 11 is 0. The Bertz CT molecular complexity index is 290. The Hall–Kier alpha value is -1.52. The van der Waals surface area contributed by atoms with E-state index in [2.05, 4.69) is 11.3 Å². The first kappa shape index (κ1) is 12.5. The van der Waals surface area contributed by atoms with Gasteiger partial charge < -0.3 is 14.4 Å². The Labute approximate surface area is 95.0 Å². The summed E-state index contributed by atoms with van der Waals surface area (Å²) in [7, 11) is 1.34. The summed E-state index contributed by atoms with van der Waals surface area (Å²) in [5, 5.41) is 0. The summed E-state index contributed by atoms with van der Waals surface area (Å²) in [6.45, 7) is 5.55. The molecule has 5 nitrogen and oxygen atoms in total. The van der Waals surface area contributed by atoms with Gasteiger partial charge >= 0.3 is 12.1 Å². The minimum absolute atomic E-state index is 0.158. The van der Waals surface area contributed by atoms with Crippen molar-refractivity contribution in [3.05, 3.63) is 12.7 Å². The molecule has 1 amide bonds. The predicted octanol–water partition coefficient (Wildman–Crippen LogP) is 1.33. The number of carbonyl (C=O) groups is 2. The highest BCUT2D eigenvalue weighted by atomic mass is 16.6. The minimum atomic E-state index is -0.387. The van der Waals surface area contributed by atoms with Crippen LogP contribution in [0.25, 0.3) is 0 Å². The lowest BCUT2D eigenvalue weighted by Crippen LogP contribution is -2.40. The Morgan fingerprint density at radius 1 is 1.56 bits per heavy atom. The normalized spacial score (nSPS) is 24.0. The van der Waals surface area contributed by atoms with Gasteiger partial charge in [-0.05, 0) is 6.42 Å². The molecule has 1 heterocycles. The molecule has 0 radical (unpaired) electrons. The number of likely N-dealkylation sites (tertiary alicyclic amines) is 1. The summed E-state index contributed by atoms with van der Waals surface area (Å²) in [4.78, 5) is 24.0. The maximum absolute atomic E-state index is 11.5. The van der Waals surface area contributed by atoms with E-state index in [0.29, 0.717) is 19.4 Å².